The third-order valence-corrected chi connectivity index (χ3v) is 4.92. The van der Waals surface area contributed by atoms with Crippen LogP contribution in [0.2, 0.25) is 0 Å². The number of hydrogen-bond acceptors (Lipinski definition) is 5. The van der Waals surface area contributed by atoms with E-state index >= 15 is 0 Å². The summed E-state index contributed by atoms with van der Waals surface area (Å²) in [6.45, 7) is -0.218. The monoisotopic (exact) mass is 336 g/mol. The molecule has 2 atom stereocenters. The van der Waals surface area contributed by atoms with Crippen LogP contribution in [0.15, 0.2) is 22.7 Å². The minimum Gasteiger partial charge on any atom is -0.486 e. The molecule has 5 nitrogen and oxygen atoms in total. The fraction of sp³-hybridized carbons (Fsp3) is 0.455. The summed E-state index contributed by atoms with van der Waals surface area (Å²) < 4.78 is 29.0. The van der Waals surface area contributed by atoms with Gasteiger partial charge in [-0.2, -0.15) is 0 Å². The molecule has 100 valence electrons. The van der Waals surface area contributed by atoms with E-state index in [1.807, 2.05) is 0 Å². The molecule has 1 heterocycles. The summed E-state index contributed by atoms with van der Waals surface area (Å²) in [5, 5.41) is 18.8. The van der Waals surface area contributed by atoms with Gasteiger partial charge in [0.05, 0.1) is 18.1 Å². The van der Waals surface area contributed by atoms with Crippen molar-refractivity contribution in [3.63, 3.8) is 0 Å². The number of sulfone groups is 1. The van der Waals surface area contributed by atoms with Gasteiger partial charge in [-0.15, -0.1) is 0 Å². The minimum absolute atomic E-state index is 0.199. The Hall–Kier alpha value is -0.630. The zero-order chi connectivity index (χ0) is 13.3. The molecule has 0 radical (unpaired) electrons. The molecule has 0 aliphatic carbocycles. The van der Waals surface area contributed by atoms with E-state index in [0.29, 0.717) is 11.3 Å². The molecule has 2 rings (SSSR count). The van der Waals surface area contributed by atoms with Crippen molar-refractivity contribution in [3.05, 3.63) is 28.2 Å². The highest BCUT2D eigenvalue weighted by Crippen LogP contribution is 2.26. The molecule has 7 heteroatoms. The first-order valence-corrected chi connectivity index (χ1v) is 7.97. The molecular weight excluding hydrogens is 324 g/mol. The third-order valence-electron chi connectivity index (χ3n) is 2.74. The number of rotatable bonds is 3. The van der Waals surface area contributed by atoms with Crippen LogP contribution in [-0.4, -0.2) is 42.3 Å². The van der Waals surface area contributed by atoms with Crippen molar-refractivity contribution in [2.45, 2.75) is 18.8 Å². The summed E-state index contributed by atoms with van der Waals surface area (Å²) in [5.41, 5.74) is 0.542. The Bertz CT molecular complexity index is 542. The highest BCUT2D eigenvalue weighted by Gasteiger charge is 2.38. The lowest BCUT2D eigenvalue weighted by Gasteiger charge is -2.17. The summed E-state index contributed by atoms with van der Waals surface area (Å²) in [4.78, 5) is 0. The van der Waals surface area contributed by atoms with Crippen molar-refractivity contribution in [1.82, 2.24) is 0 Å². The number of benzene rings is 1. The molecule has 0 amide bonds. The maximum atomic E-state index is 11.4. The lowest BCUT2D eigenvalue weighted by molar-refractivity contribution is 0.0721. The van der Waals surface area contributed by atoms with Crippen molar-refractivity contribution in [2.75, 3.05) is 11.5 Å². The molecule has 2 unspecified atom stereocenters. The van der Waals surface area contributed by atoms with Gasteiger partial charge in [0, 0.05) is 10.0 Å². The number of aliphatic hydroxyl groups is 2. The fourth-order valence-electron chi connectivity index (χ4n) is 1.86. The first-order chi connectivity index (χ1) is 8.41. The van der Waals surface area contributed by atoms with E-state index in [0.717, 1.165) is 4.47 Å². The van der Waals surface area contributed by atoms with Gasteiger partial charge >= 0.3 is 0 Å². The molecule has 0 bridgehead atoms. The highest BCUT2D eigenvalue weighted by molar-refractivity contribution is 9.10. The van der Waals surface area contributed by atoms with E-state index in [9.17, 15) is 18.6 Å². The molecule has 1 aliphatic rings. The Morgan fingerprint density at radius 3 is 2.67 bits per heavy atom. The van der Waals surface area contributed by atoms with Gasteiger partial charge in [0.1, 0.15) is 18.0 Å². The number of halogens is 1. The first kappa shape index (κ1) is 13.8. The van der Waals surface area contributed by atoms with Gasteiger partial charge in [0.15, 0.2) is 9.84 Å². The summed E-state index contributed by atoms with van der Waals surface area (Å²) >= 11 is 3.27. The van der Waals surface area contributed by atoms with Crippen LogP contribution in [0.4, 0.5) is 0 Å². The molecule has 0 spiro atoms. The Morgan fingerprint density at radius 2 is 2.11 bits per heavy atom. The average molecular weight is 337 g/mol. The Labute approximate surface area is 113 Å². The highest BCUT2D eigenvalue weighted by atomic mass is 79.9. The standard InChI is InChI=1S/C11H13BrO5S/c12-8-1-2-10(7(3-8)4-13)17-11-6-18(15,16)5-9(11)14/h1-3,9,11,13-14H,4-6H2. The maximum Gasteiger partial charge on any atom is 0.156 e. The van der Waals surface area contributed by atoms with Crippen LogP contribution < -0.4 is 4.74 Å². The van der Waals surface area contributed by atoms with Crippen LogP contribution >= 0.6 is 15.9 Å². The Balaban J connectivity index is 2.20. The van der Waals surface area contributed by atoms with Gasteiger partial charge < -0.3 is 14.9 Å². The molecule has 2 N–H and O–H groups in total. The summed E-state index contributed by atoms with van der Waals surface area (Å²) in [7, 11) is -3.24. The summed E-state index contributed by atoms with van der Waals surface area (Å²) in [6, 6.07) is 5.04. The van der Waals surface area contributed by atoms with Gasteiger partial charge in [-0.1, -0.05) is 15.9 Å². The van der Waals surface area contributed by atoms with Crippen LogP contribution in [0.5, 0.6) is 5.75 Å². The van der Waals surface area contributed by atoms with Gasteiger partial charge in [0.25, 0.3) is 0 Å². The van der Waals surface area contributed by atoms with Crippen LogP contribution in [0.3, 0.4) is 0 Å². The molecule has 18 heavy (non-hydrogen) atoms. The smallest absolute Gasteiger partial charge is 0.156 e. The van der Waals surface area contributed by atoms with Crippen molar-refractivity contribution in [3.8, 4) is 5.75 Å². The van der Waals surface area contributed by atoms with Gasteiger partial charge in [0.2, 0.25) is 0 Å². The molecule has 1 aromatic rings. The van der Waals surface area contributed by atoms with E-state index in [-0.39, 0.29) is 18.1 Å². The number of ether oxygens (including phenoxy) is 1. The van der Waals surface area contributed by atoms with E-state index in [1.165, 1.54) is 0 Å². The Kier molecular flexibility index (Phi) is 3.96. The van der Waals surface area contributed by atoms with Crippen molar-refractivity contribution in [2.24, 2.45) is 0 Å². The SMILES string of the molecule is O=S1(=O)CC(O)C(Oc2ccc(Br)cc2CO)C1. The average Bonchev–Trinajstić information content (AvgIpc) is 2.54. The lowest BCUT2D eigenvalue weighted by atomic mass is 10.2. The van der Waals surface area contributed by atoms with E-state index in [4.69, 9.17) is 4.74 Å². The predicted octanol–water partition coefficient (Wildman–Crippen LogP) is 0.478. The molecule has 1 aromatic carbocycles. The molecule has 1 fully saturated rings. The first-order valence-electron chi connectivity index (χ1n) is 5.36. The molecule has 0 aromatic heterocycles. The van der Waals surface area contributed by atoms with Gasteiger partial charge in [-0.05, 0) is 18.2 Å². The van der Waals surface area contributed by atoms with Crippen LogP contribution in [0, 0.1) is 0 Å². The fourth-order valence-corrected chi connectivity index (χ4v) is 3.93. The van der Waals surface area contributed by atoms with Crippen LogP contribution in [-0.2, 0) is 16.4 Å². The zero-order valence-electron chi connectivity index (χ0n) is 9.41. The lowest BCUT2D eigenvalue weighted by Crippen LogP contribution is -2.30. The van der Waals surface area contributed by atoms with Crippen LogP contribution in [0.1, 0.15) is 5.56 Å². The van der Waals surface area contributed by atoms with Crippen LogP contribution in [0.25, 0.3) is 0 Å². The normalized spacial score (nSPS) is 26.2. The van der Waals surface area contributed by atoms with Crippen molar-refractivity contribution >= 4 is 25.8 Å². The van der Waals surface area contributed by atoms with Gasteiger partial charge in [-0.25, -0.2) is 8.42 Å². The number of aliphatic hydroxyl groups excluding tert-OH is 2. The second-order valence-corrected chi connectivity index (χ2v) is 7.28. The number of hydrogen-bond donors (Lipinski definition) is 2. The second kappa shape index (κ2) is 5.16. The third kappa shape index (κ3) is 3.03. The second-order valence-electron chi connectivity index (χ2n) is 4.21. The largest absolute Gasteiger partial charge is 0.486 e. The van der Waals surface area contributed by atoms with Crippen molar-refractivity contribution in [1.29, 1.82) is 0 Å². The molecular formula is C11H13BrO5S. The van der Waals surface area contributed by atoms with Crippen molar-refractivity contribution < 1.29 is 23.4 Å². The Morgan fingerprint density at radius 1 is 1.39 bits per heavy atom. The zero-order valence-corrected chi connectivity index (χ0v) is 11.8. The van der Waals surface area contributed by atoms with E-state index < -0.39 is 22.0 Å². The molecule has 1 aliphatic heterocycles. The summed E-state index contributed by atoms with van der Waals surface area (Å²) in [6.07, 6.45) is -1.80. The molecule has 0 saturated carbocycles. The van der Waals surface area contributed by atoms with Gasteiger partial charge in [-0.3, -0.25) is 0 Å². The molecule has 1 saturated heterocycles. The summed E-state index contributed by atoms with van der Waals surface area (Å²) in [5.74, 6) is -0.0839. The maximum absolute atomic E-state index is 11.4. The minimum atomic E-state index is -3.24. The van der Waals surface area contributed by atoms with E-state index in [1.54, 1.807) is 18.2 Å². The quantitative estimate of drug-likeness (QED) is 0.838. The van der Waals surface area contributed by atoms with E-state index in [2.05, 4.69) is 15.9 Å². The predicted molar refractivity (Wildman–Crippen MR) is 69.1 cm³/mol. The topological polar surface area (TPSA) is 83.8 Å².